The minimum atomic E-state index is -0.119. The zero-order valence-corrected chi connectivity index (χ0v) is 24.0. The number of hydrogen-bond donors (Lipinski definition) is 1. The summed E-state index contributed by atoms with van der Waals surface area (Å²) in [5.41, 5.74) is 4.52. The Morgan fingerprint density at radius 3 is 2.64 bits per heavy atom. The molecule has 2 heterocycles. The number of rotatable bonds is 9. The number of halogens is 2. The SMILES string of the molecule is CC1=CN=CC(Cl)=C(C(=O)NCCC(C)N2CCC(N(Cc3cccc(Cl)c3)c3ccc(C#N)cc3)CC2)C1. The van der Waals surface area contributed by atoms with Gasteiger partial charge in [-0.3, -0.25) is 9.79 Å². The lowest BCUT2D eigenvalue weighted by Crippen LogP contribution is -2.48. The Morgan fingerprint density at radius 1 is 1.21 bits per heavy atom. The van der Waals surface area contributed by atoms with Crippen molar-refractivity contribution in [3.8, 4) is 6.07 Å². The quantitative estimate of drug-likeness (QED) is 0.380. The molecule has 4 rings (SSSR count). The minimum absolute atomic E-state index is 0.119. The average molecular weight is 565 g/mol. The number of benzene rings is 2. The summed E-state index contributed by atoms with van der Waals surface area (Å²) in [5, 5.41) is 13.4. The highest BCUT2D eigenvalue weighted by atomic mass is 35.5. The van der Waals surface area contributed by atoms with Gasteiger partial charge >= 0.3 is 0 Å². The van der Waals surface area contributed by atoms with Gasteiger partial charge in [0.15, 0.2) is 0 Å². The van der Waals surface area contributed by atoms with Gasteiger partial charge in [0.05, 0.1) is 16.7 Å². The molecule has 0 spiro atoms. The zero-order chi connectivity index (χ0) is 27.8. The fraction of sp³-hybridized carbons (Fsp3) is 0.387. The molecule has 1 saturated heterocycles. The molecule has 0 bridgehead atoms. The number of carbonyl (C=O) groups excluding carboxylic acids is 1. The molecule has 6 nitrogen and oxygen atoms in total. The Morgan fingerprint density at radius 2 is 1.95 bits per heavy atom. The highest BCUT2D eigenvalue weighted by molar-refractivity contribution is 6.41. The molecule has 0 aliphatic carbocycles. The van der Waals surface area contributed by atoms with Crippen LogP contribution in [0.2, 0.25) is 5.02 Å². The van der Waals surface area contributed by atoms with Crippen molar-refractivity contribution in [1.82, 2.24) is 10.2 Å². The fourth-order valence-electron chi connectivity index (χ4n) is 5.22. The number of anilines is 1. The van der Waals surface area contributed by atoms with E-state index in [0.717, 1.165) is 55.2 Å². The zero-order valence-electron chi connectivity index (χ0n) is 22.5. The standard InChI is InChI=1S/C31H35Cl2N5O/c1-22-16-29(30(33)20-35-19-22)31(39)36-13-10-23(2)37-14-11-28(12-15-37)38(21-25-4-3-5-26(32)17-25)27-8-6-24(18-34)7-9-27/h3-9,17,19-20,23,28H,10-16,21H2,1-2H3,(H,36,39). The van der Waals surface area contributed by atoms with E-state index in [1.165, 1.54) is 11.8 Å². The monoisotopic (exact) mass is 563 g/mol. The van der Waals surface area contributed by atoms with E-state index in [-0.39, 0.29) is 5.91 Å². The predicted molar refractivity (Wildman–Crippen MR) is 160 cm³/mol. The van der Waals surface area contributed by atoms with Gasteiger partial charge in [0.1, 0.15) is 0 Å². The van der Waals surface area contributed by atoms with Crippen LogP contribution in [0.25, 0.3) is 0 Å². The molecule has 2 aliphatic heterocycles. The van der Waals surface area contributed by atoms with Crippen LogP contribution in [0.5, 0.6) is 0 Å². The Hall–Kier alpha value is -3.11. The molecule has 39 heavy (non-hydrogen) atoms. The molecule has 1 amide bonds. The molecule has 1 atom stereocenters. The molecule has 2 aliphatic rings. The van der Waals surface area contributed by atoms with E-state index in [0.29, 0.717) is 41.2 Å². The Kier molecular flexibility index (Phi) is 10.2. The molecule has 0 aromatic heterocycles. The number of nitrogens with zero attached hydrogens (tertiary/aromatic N) is 4. The number of piperidine rings is 1. The molecule has 0 radical (unpaired) electrons. The van der Waals surface area contributed by atoms with E-state index >= 15 is 0 Å². The average Bonchev–Trinajstić information content (AvgIpc) is 3.11. The summed E-state index contributed by atoms with van der Waals surface area (Å²) < 4.78 is 0. The first kappa shape index (κ1) is 28.9. The van der Waals surface area contributed by atoms with E-state index in [1.54, 1.807) is 6.20 Å². The first-order valence-electron chi connectivity index (χ1n) is 13.4. The topological polar surface area (TPSA) is 71.7 Å². The lowest BCUT2D eigenvalue weighted by molar-refractivity contribution is -0.117. The number of carbonyl (C=O) groups is 1. The lowest BCUT2D eigenvalue weighted by Gasteiger charge is -2.42. The summed E-state index contributed by atoms with van der Waals surface area (Å²) in [5.74, 6) is -0.119. The summed E-state index contributed by atoms with van der Waals surface area (Å²) in [6.45, 7) is 7.51. The number of allylic oxidation sites excluding steroid dienone is 2. The number of aliphatic imine (C=N–C) groups is 1. The fourth-order valence-corrected chi connectivity index (χ4v) is 5.64. The van der Waals surface area contributed by atoms with Crippen LogP contribution in [0.1, 0.15) is 50.7 Å². The second-order valence-corrected chi connectivity index (χ2v) is 11.2. The number of hydrogen-bond acceptors (Lipinski definition) is 5. The summed E-state index contributed by atoms with van der Waals surface area (Å²) in [7, 11) is 0. The number of amides is 1. The minimum Gasteiger partial charge on any atom is -0.364 e. The Labute approximate surface area is 241 Å². The third-order valence-corrected chi connectivity index (χ3v) is 8.04. The van der Waals surface area contributed by atoms with E-state index < -0.39 is 0 Å². The van der Waals surface area contributed by atoms with Crippen LogP contribution in [0, 0.1) is 11.3 Å². The lowest BCUT2D eigenvalue weighted by atomic mass is 9.99. The third kappa shape index (κ3) is 7.95. The first-order chi connectivity index (χ1) is 18.8. The van der Waals surface area contributed by atoms with Gasteiger partial charge in [-0.15, -0.1) is 0 Å². The van der Waals surface area contributed by atoms with Crippen molar-refractivity contribution in [2.24, 2.45) is 4.99 Å². The highest BCUT2D eigenvalue weighted by Crippen LogP contribution is 2.28. The molecule has 204 valence electrons. The molecule has 0 saturated carbocycles. The maximum Gasteiger partial charge on any atom is 0.249 e. The molecule has 8 heteroatoms. The van der Waals surface area contributed by atoms with Crippen LogP contribution in [0.4, 0.5) is 5.69 Å². The summed E-state index contributed by atoms with van der Waals surface area (Å²) in [4.78, 5) is 21.8. The molecule has 2 aromatic carbocycles. The second-order valence-electron chi connectivity index (χ2n) is 10.3. The van der Waals surface area contributed by atoms with Crippen LogP contribution >= 0.6 is 23.2 Å². The van der Waals surface area contributed by atoms with Crippen molar-refractivity contribution in [3.05, 3.63) is 87.1 Å². The van der Waals surface area contributed by atoms with Crippen molar-refractivity contribution in [3.63, 3.8) is 0 Å². The van der Waals surface area contributed by atoms with Crippen molar-refractivity contribution >= 4 is 41.0 Å². The van der Waals surface area contributed by atoms with E-state index in [1.807, 2.05) is 49.4 Å². The van der Waals surface area contributed by atoms with E-state index in [9.17, 15) is 10.1 Å². The van der Waals surface area contributed by atoms with Crippen LogP contribution in [-0.4, -0.2) is 48.7 Å². The van der Waals surface area contributed by atoms with Gasteiger partial charge < -0.3 is 15.1 Å². The smallest absolute Gasteiger partial charge is 0.249 e. The van der Waals surface area contributed by atoms with Crippen LogP contribution in [0.3, 0.4) is 0 Å². The van der Waals surface area contributed by atoms with Gasteiger partial charge in [0.2, 0.25) is 5.91 Å². The molecule has 2 aromatic rings. The summed E-state index contributed by atoms with van der Waals surface area (Å²) in [6, 6.07) is 18.8. The molecule has 1 N–H and O–H groups in total. The van der Waals surface area contributed by atoms with Gasteiger partial charge in [0.25, 0.3) is 0 Å². The molecule has 1 fully saturated rings. The van der Waals surface area contributed by atoms with Gasteiger partial charge in [0, 0.05) is 73.4 Å². The van der Waals surface area contributed by atoms with Crippen molar-refractivity contribution in [2.75, 3.05) is 24.5 Å². The molecule has 1 unspecified atom stereocenters. The second kappa shape index (κ2) is 13.8. The maximum atomic E-state index is 12.7. The first-order valence-corrected chi connectivity index (χ1v) is 14.2. The van der Waals surface area contributed by atoms with Gasteiger partial charge in [-0.05, 0) is 75.1 Å². The molecular formula is C31H35Cl2N5O. The van der Waals surface area contributed by atoms with Crippen molar-refractivity contribution < 1.29 is 4.79 Å². The van der Waals surface area contributed by atoms with Gasteiger partial charge in [-0.25, -0.2) is 0 Å². The van der Waals surface area contributed by atoms with Crippen LogP contribution in [-0.2, 0) is 11.3 Å². The van der Waals surface area contributed by atoms with Gasteiger partial charge in [-0.1, -0.05) is 40.9 Å². The van der Waals surface area contributed by atoms with Crippen LogP contribution in [0.15, 0.2) is 75.9 Å². The van der Waals surface area contributed by atoms with Gasteiger partial charge in [-0.2, -0.15) is 5.26 Å². The largest absolute Gasteiger partial charge is 0.364 e. The van der Waals surface area contributed by atoms with Crippen LogP contribution < -0.4 is 10.2 Å². The van der Waals surface area contributed by atoms with E-state index in [4.69, 9.17) is 23.2 Å². The normalized spacial score (nSPS) is 17.3. The van der Waals surface area contributed by atoms with Crippen molar-refractivity contribution in [1.29, 1.82) is 5.26 Å². The van der Waals surface area contributed by atoms with Crippen molar-refractivity contribution in [2.45, 2.75) is 58.2 Å². The third-order valence-electron chi connectivity index (χ3n) is 7.48. The number of nitrogens with one attached hydrogen (secondary N) is 1. The number of likely N-dealkylation sites (tertiary alicyclic amines) is 1. The Balaban J connectivity index is 1.33. The Bertz CT molecular complexity index is 1290. The maximum absolute atomic E-state index is 12.7. The van der Waals surface area contributed by atoms with E-state index in [2.05, 4.69) is 39.2 Å². The molecular weight excluding hydrogens is 529 g/mol. The summed E-state index contributed by atoms with van der Waals surface area (Å²) in [6.07, 6.45) is 6.72. The highest BCUT2D eigenvalue weighted by Gasteiger charge is 2.27. The summed E-state index contributed by atoms with van der Waals surface area (Å²) >= 11 is 12.5. The predicted octanol–water partition coefficient (Wildman–Crippen LogP) is 6.45. The number of nitriles is 1.